The van der Waals surface area contributed by atoms with Crippen LogP contribution < -0.4 is 5.73 Å². The van der Waals surface area contributed by atoms with Gasteiger partial charge in [-0.1, -0.05) is 0 Å². The number of esters is 1. The summed E-state index contributed by atoms with van der Waals surface area (Å²) in [5, 5.41) is 0. The van der Waals surface area contributed by atoms with E-state index in [0.717, 1.165) is 37.5 Å². The van der Waals surface area contributed by atoms with Gasteiger partial charge in [0.2, 0.25) is 0 Å². The molecule has 1 aliphatic heterocycles. The largest absolute Gasteiger partial charge is 0.462 e. The first-order chi connectivity index (χ1) is 8.65. The number of hydrogen-bond donors (Lipinski definition) is 1. The van der Waals surface area contributed by atoms with Gasteiger partial charge in [-0.05, 0) is 31.3 Å². The number of carbonyl (C=O) groups is 2. The smallest absolute Gasteiger partial charge is 0.352 e. The monoisotopic (exact) mass is 269 g/mol. The average Bonchev–Trinajstić information content (AvgIpc) is 2.97. The lowest BCUT2D eigenvalue weighted by atomic mass is 10.3. The zero-order valence-electron chi connectivity index (χ0n) is 10.1. The molecule has 0 bridgehead atoms. The van der Waals surface area contributed by atoms with Gasteiger partial charge >= 0.3 is 5.97 Å². The van der Waals surface area contributed by atoms with Crippen molar-refractivity contribution in [1.29, 1.82) is 0 Å². The van der Waals surface area contributed by atoms with E-state index in [4.69, 9.17) is 10.5 Å². The molecule has 1 aliphatic rings. The molecule has 0 saturated carbocycles. The Bertz CT molecular complexity index is 466. The third-order valence-electron chi connectivity index (χ3n) is 2.78. The number of anilines is 1. The maximum atomic E-state index is 12.1. The predicted octanol–water partition coefficient (Wildman–Crippen LogP) is 1.14. The van der Waals surface area contributed by atoms with Crippen LogP contribution in [-0.4, -0.2) is 40.8 Å². The molecule has 1 fully saturated rings. The van der Waals surface area contributed by atoms with Gasteiger partial charge in [0.25, 0.3) is 5.91 Å². The summed E-state index contributed by atoms with van der Waals surface area (Å²) >= 11 is 0.914. The Kier molecular flexibility index (Phi) is 3.81. The van der Waals surface area contributed by atoms with Crippen LogP contribution in [0.1, 0.15) is 39.9 Å². The van der Waals surface area contributed by atoms with Gasteiger partial charge in [0, 0.05) is 13.1 Å². The summed E-state index contributed by atoms with van der Waals surface area (Å²) < 4.78 is 8.84. The van der Waals surface area contributed by atoms with Crippen LogP contribution in [0.2, 0.25) is 0 Å². The fourth-order valence-corrected chi connectivity index (χ4v) is 2.55. The van der Waals surface area contributed by atoms with E-state index in [1.807, 2.05) is 0 Å². The second-order valence-corrected chi connectivity index (χ2v) is 4.77. The van der Waals surface area contributed by atoms with Crippen molar-refractivity contribution >= 4 is 29.1 Å². The van der Waals surface area contributed by atoms with Gasteiger partial charge in [0.15, 0.2) is 10.6 Å². The van der Waals surface area contributed by atoms with Crippen molar-refractivity contribution in [2.75, 3.05) is 25.4 Å². The zero-order valence-corrected chi connectivity index (χ0v) is 11.0. The predicted molar refractivity (Wildman–Crippen MR) is 67.6 cm³/mol. The Balaban J connectivity index is 2.19. The van der Waals surface area contributed by atoms with Gasteiger partial charge < -0.3 is 15.4 Å². The lowest BCUT2D eigenvalue weighted by molar-refractivity contribution is 0.0533. The fourth-order valence-electron chi connectivity index (χ4n) is 1.87. The molecular formula is C11H15N3O3S. The van der Waals surface area contributed by atoms with Crippen LogP contribution in [0.15, 0.2) is 0 Å². The van der Waals surface area contributed by atoms with Crippen molar-refractivity contribution in [3.63, 3.8) is 0 Å². The molecule has 2 rings (SSSR count). The molecular weight excluding hydrogens is 254 g/mol. The van der Waals surface area contributed by atoms with Crippen molar-refractivity contribution in [1.82, 2.24) is 9.27 Å². The SMILES string of the molecule is CCOC(=O)c1snc(C(=O)N2CCCC2)c1N. The highest BCUT2D eigenvalue weighted by Gasteiger charge is 2.27. The molecule has 18 heavy (non-hydrogen) atoms. The number of likely N-dealkylation sites (tertiary alicyclic amines) is 1. The Labute approximate surface area is 109 Å². The maximum absolute atomic E-state index is 12.1. The number of amides is 1. The molecule has 0 unspecified atom stereocenters. The highest BCUT2D eigenvalue weighted by Crippen LogP contribution is 2.25. The van der Waals surface area contributed by atoms with Gasteiger partial charge in [-0.25, -0.2) is 4.79 Å². The first-order valence-corrected chi connectivity index (χ1v) is 6.64. The highest BCUT2D eigenvalue weighted by atomic mass is 32.1. The minimum Gasteiger partial charge on any atom is -0.462 e. The van der Waals surface area contributed by atoms with Crippen LogP contribution in [0.4, 0.5) is 5.69 Å². The van der Waals surface area contributed by atoms with E-state index in [2.05, 4.69) is 4.37 Å². The second-order valence-electron chi connectivity index (χ2n) is 3.99. The van der Waals surface area contributed by atoms with Crippen LogP contribution in [0.3, 0.4) is 0 Å². The van der Waals surface area contributed by atoms with E-state index < -0.39 is 5.97 Å². The van der Waals surface area contributed by atoms with Crippen LogP contribution in [0.5, 0.6) is 0 Å². The normalized spacial score (nSPS) is 14.8. The van der Waals surface area contributed by atoms with E-state index in [-0.39, 0.29) is 28.8 Å². The molecule has 0 radical (unpaired) electrons. The highest BCUT2D eigenvalue weighted by molar-refractivity contribution is 7.08. The minimum atomic E-state index is -0.520. The van der Waals surface area contributed by atoms with Crippen LogP contribution in [-0.2, 0) is 4.74 Å². The third-order valence-corrected chi connectivity index (χ3v) is 3.63. The number of carbonyl (C=O) groups excluding carboxylic acids is 2. The molecule has 2 N–H and O–H groups in total. The second kappa shape index (κ2) is 5.34. The van der Waals surface area contributed by atoms with Crippen LogP contribution >= 0.6 is 11.5 Å². The van der Waals surface area contributed by atoms with Gasteiger partial charge in [0.05, 0.1) is 12.3 Å². The third kappa shape index (κ3) is 2.31. The average molecular weight is 269 g/mol. The number of hydrogen-bond acceptors (Lipinski definition) is 6. The summed E-state index contributed by atoms with van der Waals surface area (Å²) in [7, 11) is 0. The first-order valence-electron chi connectivity index (χ1n) is 5.86. The van der Waals surface area contributed by atoms with Crippen molar-refractivity contribution in [2.24, 2.45) is 0 Å². The van der Waals surface area contributed by atoms with E-state index >= 15 is 0 Å². The minimum absolute atomic E-state index is 0.135. The molecule has 2 heterocycles. The number of rotatable bonds is 3. The summed E-state index contributed by atoms with van der Waals surface area (Å²) in [6, 6.07) is 0. The van der Waals surface area contributed by atoms with E-state index in [1.165, 1.54) is 0 Å². The Morgan fingerprint density at radius 1 is 1.44 bits per heavy atom. The first kappa shape index (κ1) is 12.8. The van der Waals surface area contributed by atoms with Gasteiger partial charge in [-0.3, -0.25) is 4.79 Å². The van der Waals surface area contributed by atoms with Crippen LogP contribution in [0, 0.1) is 0 Å². The van der Waals surface area contributed by atoms with Gasteiger partial charge in [-0.15, -0.1) is 0 Å². The molecule has 0 aliphatic carbocycles. The summed E-state index contributed by atoms with van der Waals surface area (Å²) in [5.74, 6) is -0.718. The molecule has 1 aromatic heterocycles. The topological polar surface area (TPSA) is 85.5 Å². The summed E-state index contributed by atoms with van der Waals surface area (Å²) in [6.45, 7) is 3.44. The summed E-state index contributed by atoms with van der Waals surface area (Å²) in [4.78, 5) is 25.6. The Morgan fingerprint density at radius 2 is 2.11 bits per heavy atom. The van der Waals surface area contributed by atoms with Crippen molar-refractivity contribution in [3.8, 4) is 0 Å². The quantitative estimate of drug-likeness (QED) is 0.832. The van der Waals surface area contributed by atoms with Crippen molar-refractivity contribution in [3.05, 3.63) is 10.6 Å². The summed E-state index contributed by atoms with van der Waals surface area (Å²) in [6.07, 6.45) is 2.00. The molecule has 0 spiro atoms. The Hall–Kier alpha value is -1.63. The fraction of sp³-hybridized carbons (Fsp3) is 0.545. The number of aromatic nitrogens is 1. The lowest BCUT2D eigenvalue weighted by Gasteiger charge is -2.13. The molecule has 7 heteroatoms. The molecule has 6 nitrogen and oxygen atoms in total. The zero-order chi connectivity index (χ0) is 13.1. The van der Waals surface area contributed by atoms with E-state index in [1.54, 1.807) is 11.8 Å². The van der Waals surface area contributed by atoms with Gasteiger partial charge in [-0.2, -0.15) is 4.37 Å². The Morgan fingerprint density at radius 3 is 2.72 bits per heavy atom. The molecule has 1 amide bonds. The molecule has 0 atom stereocenters. The summed E-state index contributed by atoms with van der Waals surface area (Å²) in [5.41, 5.74) is 6.11. The van der Waals surface area contributed by atoms with Crippen LogP contribution in [0.25, 0.3) is 0 Å². The van der Waals surface area contributed by atoms with Gasteiger partial charge in [0.1, 0.15) is 0 Å². The number of nitrogens with two attached hydrogens (primary N) is 1. The molecule has 1 aromatic rings. The molecule has 98 valence electrons. The number of nitrogen functional groups attached to an aromatic ring is 1. The maximum Gasteiger partial charge on any atom is 0.352 e. The van der Waals surface area contributed by atoms with E-state index in [9.17, 15) is 9.59 Å². The van der Waals surface area contributed by atoms with E-state index in [0.29, 0.717) is 0 Å². The number of ether oxygens (including phenoxy) is 1. The number of nitrogens with zero attached hydrogens (tertiary/aromatic N) is 2. The lowest BCUT2D eigenvalue weighted by Crippen LogP contribution is -2.28. The molecule has 1 saturated heterocycles. The van der Waals surface area contributed by atoms with Crippen molar-refractivity contribution in [2.45, 2.75) is 19.8 Å². The molecule has 0 aromatic carbocycles. The van der Waals surface area contributed by atoms with Crippen molar-refractivity contribution < 1.29 is 14.3 Å². The standard InChI is InChI=1S/C11H15N3O3S/c1-2-17-11(16)9-7(12)8(13-18-9)10(15)14-5-3-4-6-14/h2-6,12H2,1H3.